The number of rotatable bonds is 11. The van der Waals surface area contributed by atoms with Gasteiger partial charge in [-0.2, -0.15) is 10.2 Å². The highest BCUT2D eigenvalue weighted by atomic mass is 31.2. The molecule has 5 aromatic rings. The standard InChI is InChI=1S/C40H50FN11O14P2Si/c1-21(2)34(53)49-39-48-33-27(36(55)50-39)46-20-52(33)38-30-29(66-69(6,7)40(3,4)5)24(63-38)16-60-67(56,57)64-28-23(17-61-68(58,65-30)59-15-11-14-42)62-37(25(28)41)51-19-45-26-31(43-18-44-32(26)51)47-35(54)22-12-9-8-10-13-22/h8-10,12-13,18-21,23-25,28-30,37-38H,11,15-17H2,1-7H3,(H,56,57)(H,43,44,47,54)(H2,48,49,50,53,55)/t23-,24-,25-,28-,29-,30-,37-,38-,68?/m1/s1. The zero-order valence-corrected chi connectivity index (χ0v) is 41.0. The van der Waals surface area contributed by atoms with Gasteiger partial charge in [-0.15, -0.1) is 0 Å². The van der Waals surface area contributed by atoms with Gasteiger partial charge in [0.2, 0.25) is 11.9 Å². The molecule has 25 nitrogen and oxygen atoms in total. The van der Waals surface area contributed by atoms with E-state index in [-0.39, 0.29) is 40.5 Å². The first kappa shape index (κ1) is 50.2. The minimum Gasteiger partial charge on any atom is -0.408 e. The molecule has 0 radical (unpaired) electrons. The van der Waals surface area contributed by atoms with Crippen LogP contribution in [0.2, 0.25) is 18.1 Å². The fraction of sp³-hybridized carbons (Fsp3) is 0.525. The lowest BCUT2D eigenvalue weighted by molar-refractivity contribution is -0.118. The number of phosphoric acid groups is 2. The van der Waals surface area contributed by atoms with Gasteiger partial charge in [0.05, 0.1) is 45.0 Å². The lowest BCUT2D eigenvalue weighted by Crippen LogP contribution is -2.50. The number of hydrogen-bond acceptors (Lipinski definition) is 19. The van der Waals surface area contributed by atoms with Crippen LogP contribution in [0.5, 0.6) is 0 Å². The van der Waals surface area contributed by atoms with Crippen LogP contribution in [0.15, 0.2) is 54.1 Å². The van der Waals surface area contributed by atoms with Gasteiger partial charge in [0, 0.05) is 11.5 Å². The number of aromatic amines is 1. The SMILES string of the molecule is CC(C)C(=O)Nc1nc2c(ncn2[C@@H]2O[C@@H]3COP(=O)(O)O[C@H]4[C@@H](F)[C@H](n5cnc6c(NC(=O)c7ccccc7)ncnc65)O[C@@H]4COP(=O)(OCCC#N)O[C@@H]2[C@@H]3O[Si](C)(C)C(C)(C)C)c(=O)[nH]1. The second kappa shape index (κ2) is 19.5. The number of fused-ring (bicyclic) bond motifs is 5. The third-order valence-corrected chi connectivity index (χ3v) is 18.9. The number of imidazole rings is 2. The van der Waals surface area contributed by atoms with Gasteiger partial charge in [0.1, 0.15) is 36.8 Å². The minimum atomic E-state index is -5.31. The predicted molar refractivity (Wildman–Crippen MR) is 241 cm³/mol. The molecule has 7 heterocycles. The quantitative estimate of drug-likeness (QED) is 0.0742. The molecule has 2 unspecified atom stereocenters. The summed E-state index contributed by atoms with van der Waals surface area (Å²) in [5.41, 5.74) is -0.718. The fourth-order valence-corrected chi connectivity index (χ4v) is 11.0. The highest BCUT2D eigenvalue weighted by Gasteiger charge is 2.57. The number of nitrogens with one attached hydrogen (secondary N) is 3. The summed E-state index contributed by atoms with van der Waals surface area (Å²) >= 11 is 0. The zero-order valence-electron chi connectivity index (χ0n) is 38.2. The van der Waals surface area contributed by atoms with Gasteiger partial charge in [-0.25, -0.2) is 33.5 Å². The van der Waals surface area contributed by atoms with Crippen molar-refractivity contribution in [3.05, 3.63) is 65.2 Å². The number of amides is 2. The average molecular weight is 1020 g/mol. The second-order valence-corrected chi connectivity index (χ2v) is 25.8. The summed E-state index contributed by atoms with van der Waals surface area (Å²) in [5, 5.41) is 14.2. The normalized spacial score (nSPS) is 28.9. The van der Waals surface area contributed by atoms with Crippen molar-refractivity contribution < 1.29 is 64.5 Å². The van der Waals surface area contributed by atoms with E-state index in [1.165, 1.54) is 10.9 Å². The van der Waals surface area contributed by atoms with Crippen LogP contribution in [0.4, 0.5) is 16.2 Å². The minimum absolute atomic E-state index is 0.0142. The third kappa shape index (κ3) is 10.5. The van der Waals surface area contributed by atoms with Crippen LogP contribution in [0.25, 0.3) is 22.3 Å². The Morgan fingerprint density at radius 3 is 2.35 bits per heavy atom. The van der Waals surface area contributed by atoms with Crippen LogP contribution < -0.4 is 16.2 Å². The Labute approximate surface area is 393 Å². The molecule has 370 valence electrons. The second-order valence-electron chi connectivity index (χ2n) is 18.1. The summed E-state index contributed by atoms with van der Waals surface area (Å²) in [6, 6.07) is 10.2. The number of aromatic nitrogens is 8. The molecule has 29 heteroatoms. The highest BCUT2D eigenvalue weighted by Crippen LogP contribution is 2.57. The molecule has 3 fully saturated rings. The number of nitriles is 1. The first-order valence-electron chi connectivity index (χ1n) is 21.6. The molecule has 8 rings (SSSR count). The van der Waals surface area contributed by atoms with E-state index in [9.17, 15) is 29.1 Å². The lowest BCUT2D eigenvalue weighted by Gasteiger charge is -2.40. The van der Waals surface area contributed by atoms with Crippen LogP contribution >= 0.6 is 15.6 Å². The number of phosphoric ester groups is 2. The first-order chi connectivity index (χ1) is 32.6. The fourth-order valence-electron chi connectivity index (χ4n) is 7.31. The number of hydrogen-bond donors (Lipinski definition) is 4. The summed E-state index contributed by atoms with van der Waals surface area (Å²) in [6.45, 7) is 10.7. The summed E-state index contributed by atoms with van der Waals surface area (Å²) in [7, 11) is -13.2. The largest absolute Gasteiger partial charge is 0.475 e. The van der Waals surface area contributed by atoms with Crippen molar-refractivity contribution >= 4 is 69.9 Å². The van der Waals surface area contributed by atoms with E-state index in [4.69, 9.17) is 36.5 Å². The van der Waals surface area contributed by atoms with Crippen LogP contribution in [-0.2, 0) is 50.4 Å². The molecule has 69 heavy (non-hydrogen) atoms. The molecular weight excluding hydrogens is 968 g/mol. The van der Waals surface area contributed by atoms with E-state index in [0.29, 0.717) is 5.56 Å². The number of alkyl halides is 1. The molecule has 2 bridgehead atoms. The Kier molecular flexibility index (Phi) is 14.2. The van der Waals surface area contributed by atoms with Crippen molar-refractivity contribution in [1.29, 1.82) is 5.26 Å². The Morgan fingerprint density at radius 2 is 1.65 bits per heavy atom. The van der Waals surface area contributed by atoms with Gasteiger partial charge in [-0.05, 0) is 30.3 Å². The number of halogens is 1. The monoisotopic (exact) mass is 1020 g/mol. The summed E-state index contributed by atoms with van der Waals surface area (Å²) in [4.78, 5) is 74.1. The van der Waals surface area contributed by atoms with Crippen molar-refractivity contribution in [3.8, 4) is 6.07 Å². The Balaban J connectivity index is 1.17. The van der Waals surface area contributed by atoms with E-state index in [1.807, 2.05) is 39.9 Å². The molecule has 10 atom stereocenters. The molecule has 2 amide bonds. The first-order valence-corrected chi connectivity index (χ1v) is 27.5. The summed E-state index contributed by atoms with van der Waals surface area (Å²) in [5.74, 6) is -1.71. The number of ether oxygens (including phenoxy) is 2. The molecule has 0 aliphatic carbocycles. The van der Waals surface area contributed by atoms with Crippen molar-refractivity contribution in [2.45, 2.75) is 108 Å². The van der Waals surface area contributed by atoms with Crippen LogP contribution in [0.1, 0.15) is 63.9 Å². The van der Waals surface area contributed by atoms with Crippen LogP contribution in [-0.4, -0.2) is 121 Å². The molecule has 0 spiro atoms. The van der Waals surface area contributed by atoms with Gasteiger partial charge >= 0.3 is 15.6 Å². The Morgan fingerprint density at radius 1 is 0.971 bits per heavy atom. The number of H-pyrrole nitrogens is 1. The molecule has 1 aromatic carbocycles. The topological polar surface area (TPSA) is 317 Å². The van der Waals surface area contributed by atoms with E-state index >= 15 is 8.96 Å². The van der Waals surface area contributed by atoms with Crippen LogP contribution in [0, 0.1) is 17.2 Å². The highest BCUT2D eigenvalue weighted by molar-refractivity contribution is 7.48. The smallest absolute Gasteiger partial charge is 0.408 e. The molecule has 4 aromatic heterocycles. The van der Waals surface area contributed by atoms with Gasteiger partial charge in [-0.3, -0.25) is 56.4 Å². The molecule has 3 aliphatic heterocycles. The van der Waals surface area contributed by atoms with Gasteiger partial charge in [0.15, 0.2) is 55.1 Å². The van der Waals surface area contributed by atoms with Gasteiger partial charge in [-0.1, -0.05) is 52.8 Å². The molecule has 0 saturated carbocycles. The van der Waals surface area contributed by atoms with E-state index < -0.39 is 121 Å². The summed E-state index contributed by atoms with van der Waals surface area (Å²) < 4.78 is 96.9. The van der Waals surface area contributed by atoms with Crippen molar-refractivity contribution in [2.75, 3.05) is 30.5 Å². The third-order valence-electron chi connectivity index (χ3n) is 11.9. The number of nitrogens with zero attached hydrogens (tertiary/aromatic N) is 8. The maximum absolute atomic E-state index is 16.9. The predicted octanol–water partition coefficient (Wildman–Crippen LogP) is 5.29. The van der Waals surface area contributed by atoms with E-state index in [2.05, 4.69) is 40.5 Å². The molecule has 4 N–H and O–H groups in total. The van der Waals surface area contributed by atoms with Gasteiger partial charge in [0.25, 0.3) is 11.5 Å². The van der Waals surface area contributed by atoms with Crippen molar-refractivity contribution in [2.24, 2.45) is 5.92 Å². The maximum Gasteiger partial charge on any atom is 0.475 e. The average Bonchev–Trinajstić information content (AvgIpc) is 4.06. The van der Waals surface area contributed by atoms with Crippen LogP contribution in [0.3, 0.4) is 0 Å². The van der Waals surface area contributed by atoms with E-state index in [0.717, 1.165) is 17.2 Å². The van der Waals surface area contributed by atoms with E-state index in [1.54, 1.807) is 44.2 Å². The number of benzene rings is 1. The maximum atomic E-state index is 16.9. The molecule has 3 aliphatic rings. The number of carbonyl (C=O) groups excluding carboxylic acids is 2. The summed E-state index contributed by atoms with van der Waals surface area (Å²) in [6.07, 6.45) is -10.2. The molecular formula is C40H50FN11O14P2Si. The van der Waals surface area contributed by atoms with Crippen molar-refractivity contribution in [3.63, 3.8) is 0 Å². The number of anilines is 2. The lowest BCUT2D eigenvalue weighted by atomic mass is 10.1. The van der Waals surface area contributed by atoms with Crippen molar-refractivity contribution in [1.82, 2.24) is 39.0 Å². The zero-order chi connectivity index (χ0) is 49.6. The Bertz CT molecular complexity index is 2930. The molecule has 3 saturated heterocycles. The Hall–Kier alpha value is -5.20. The number of carbonyl (C=O) groups is 2. The van der Waals surface area contributed by atoms with Gasteiger partial charge < -0.3 is 24.1 Å².